The van der Waals surface area contributed by atoms with Crippen molar-refractivity contribution in [1.29, 1.82) is 0 Å². The summed E-state index contributed by atoms with van der Waals surface area (Å²) >= 11 is 6.10. The Morgan fingerprint density at radius 3 is 2.71 bits per heavy atom. The molecule has 1 atom stereocenters. The van der Waals surface area contributed by atoms with E-state index in [9.17, 15) is 4.39 Å². The molecule has 0 aromatic heterocycles. The van der Waals surface area contributed by atoms with Gasteiger partial charge in [0.25, 0.3) is 0 Å². The average Bonchev–Trinajstić information content (AvgIpc) is 2.94. The zero-order valence-corrected chi connectivity index (χ0v) is 12.5. The molecule has 4 heteroatoms. The lowest BCUT2D eigenvalue weighted by Crippen LogP contribution is -2.29. The van der Waals surface area contributed by atoms with Gasteiger partial charge >= 0.3 is 0 Å². The average molecular weight is 305 g/mol. The first-order valence-corrected chi connectivity index (χ1v) is 7.57. The number of hydrogen-bond acceptors (Lipinski definition) is 2. The van der Waals surface area contributed by atoms with Crippen LogP contribution in [0.5, 0.6) is 0 Å². The van der Waals surface area contributed by atoms with Crippen LogP contribution >= 0.6 is 11.6 Å². The molecule has 21 heavy (non-hydrogen) atoms. The van der Waals surface area contributed by atoms with Crippen LogP contribution in [-0.4, -0.2) is 0 Å². The molecule has 0 heterocycles. The van der Waals surface area contributed by atoms with Crippen molar-refractivity contribution in [3.8, 4) is 0 Å². The molecule has 0 aliphatic heterocycles. The third-order valence-electron chi connectivity index (χ3n) is 4.17. The molecule has 2 nitrogen and oxygen atoms in total. The minimum Gasteiger partial charge on any atom is -0.271 e. The molecule has 1 aliphatic carbocycles. The summed E-state index contributed by atoms with van der Waals surface area (Å²) in [5, 5.41) is 0.441. The summed E-state index contributed by atoms with van der Waals surface area (Å²) in [7, 11) is 0. The second kappa shape index (κ2) is 6.14. The SMILES string of the molecule is NNC(Cc1ccc(F)cc1Cl)c1ccc2c(c1)CCC2. The molecular formula is C17H18ClFN2. The van der Waals surface area contributed by atoms with Gasteiger partial charge in [-0.05, 0) is 60.1 Å². The van der Waals surface area contributed by atoms with Crippen molar-refractivity contribution in [1.82, 2.24) is 5.43 Å². The Morgan fingerprint density at radius 1 is 1.14 bits per heavy atom. The molecule has 0 amide bonds. The number of benzene rings is 2. The first kappa shape index (κ1) is 14.5. The molecule has 0 saturated heterocycles. The fraction of sp³-hybridized carbons (Fsp3) is 0.294. The molecule has 3 N–H and O–H groups in total. The Kier molecular flexibility index (Phi) is 4.24. The van der Waals surface area contributed by atoms with Crippen LogP contribution < -0.4 is 11.3 Å². The van der Waals surface area contributed by atoms with Crippen molar-refractivity contribution >= 4 is 11.6 Å². The van der Waals surface area contributed by atoms with E-state index in [0.717, 1.165) is 17.5 Å². The molecule has 0 spiro atoms. The summed E-state index contributed by atoms with van der Waals surface area (Å²) in [6.07, 6.45) is 4.16. The molecule has 1 unspecified atom stereocenters. The number of halogens is 2. The zero-order valence-electron chi connectivity index (χ0n) is 11.7. The van der Waals surface area contributed by atoms with Gasteiger partial charge in [-0.1, -0.05) is 35.9 Å². The quantitative estimate of drug-likeness (QED) is 0.667. The molecule has 0 radical (unpaired) electrons. The molecule has 3 rings (SSSR count). The largest absolute Gasteiger partial charge is 0.271 e. The molecule has 2 aromatic carbocycles. The van der Waals surface area contributed by atoms with E-state index in [1.165, 1.54) is 36.1 Å². The summed E-state index contributed by atoms with van der Waals surface area (Å²) in [6.45, 7) is 0. The Balaban J connectivity index is 1.85. The van der Waals surface area contributed by atoms with Crippen molar-refractivity contribution in [3.63, 3.8) is 0 Å². The van der Waals surface area contributed by atoms with E-state index >= 15 is 0 Å². The zero-order chi connectivity index (χ0) is 14.8. The Morgan fingerprint density at radius 2 is 1.95 bits per heavy atom. The highest BCUT2D eigenvalue weighted by molar-refractivity contribution is 6.31. The minimum absolute atomic E-state index is 0.0288. The topological polar surface area (TPSA) is 38.0 Å². The van der Waals surface area contributed by atoms with Crippen molar-refractivity contribution in [3.05, 3.63) is 69.5 Å². The highest BCUT2D eigenvalue weighted by Gasteiger charge is 2.17. The molecule has 0 saturated carbocycles. The summed E-state index contributed by atoms with van der Waals surface area (Å²) in [5.41, 5.74) is 7.74. The van der Waals surface area contributed by atoms with Gasteiger partial charge in [0.2, 0.25) is 0 Å². The van der Waals surface area contributed by atoms with Crippen LogP contribution in [0, 0.1) is 5.82 Å². The van der Waals surface area contributed by atoms with Crippen LogP contribution in [0.1, 0.15) is 34.7 Å². The van der Waals surface area contributed by atoms with Gasteiger partial charge in [-0.25, -0.2) is 4.39 Å². The highest BCUT2D eigenvalue weighted by Crippen LogP contribution is 2.28. The van der Waals surface area contributed by atoms with Gasteiger partial charge in [0.1, 0.15) is 5.82 Å². The van der Waals surface area contributed by atoms with Crippen molar-refractivity contribution in [2.24, 2.45) is 5.84 Å². The van der Waals surface area contributed by atoms with E-state index in [4.69, 9.17) is 17.4 Å². The van der Waals surface area contributed by atoms with E-state index in [1.54, 1.807) is 6.07 Å². The van der Waals surface area contributed by atoms with Gasteiger partial charge in [0.05, 0.1) is 6.04 Å². The summed E-state index contributed by atoms with van der Waals surface area (Å²) in [5.74, 6) is 5.39. The fourth-order valence-corrected chi connectivity index (χ4v) is 3.23. The number of aryl methyl sites for hydroxylation is 2. The van der Waals surface area contributed by atoms with Crippen LogP contribution in [0.25, 0.3) is 0 Å². The number of hydrogen-bond donors (Lipinski definition) is 2. The first-order valence-electron chi connectivity index (χ1n) is 7.19. The van der Waals surface area contributed by atoms with Crippen molar-refractivity contribution < 1.29 is 4.39 Å². The van der Waals surface area contributed by atoms with Crippen LogP contribution in [0.3, 0.4) is 0 Å². The maximum Gasteiger partial charge on any atom is 0.124 e. The summed E-state index contributed by atoms with van der Waals surface area (Å²) < 4.78 is 13.1. The van der Waals surface area contributed by atoms with E-state index in [2.05, 4.69) is 23.6 Å². The maximum atomic E-state index is 13.1. The second-order valence-electron chi connectivity index (χ2n) is 5.54. The third-order valence-corrected chi connectivity index (χ3v) is 4.52. The lowest BCUT2D eigenvalue weighted by Gasteiger charge is -2.18. The standard InChI is InChI=1S/C17H18ClFN2/c18-16-10-15(19)7-6-13(16)9-17(21-20)14-5-4-11-2-1-3-12(11)8-14/h4-8,10,17,21H,1-3,9,20H2. The molecule has 0 fully saturated rings. The van der Waals surface area contributed by atoms with Crippen LogP contribution in [0.2, 0.25) is 5.02 Å². The van der Waals surface area contributed by atoms with E-state index in [1.807, 2.05) is 0 Å². The first-order chi connectivity index (χ1) is 10.2. The molecule has 0 bridgehead atoms. The number of rotatable bonds is 4. The number of nitrogens with one attached hydrogen (secondary N) is 1. The van der Waals surface area contributed by atoms with Crippen LogP contribution in [-0.2, 0) is 19.3 Å². The predicted molar refractivity (Wildman–Crippen MR) is 83.6 cm³/mol. The van der Waals surface area contributed by atoms with Crippen molar-refractivity contribution in [2.75, 3.05) is 0 Å². The molecule has 1 aliphatic rings. The van der Waals surface area contributed by atoms with Gasteiger partial charge in [-0.2, -0.15) is 0 Å². The normalized spacial score (nSPS) is 15.0. The van der Waals surface area contributed by atoms with Crippen LogP contribution in [0.4, 0.5) is 4.39 Å². The molecule has 110 valence electrons. The van der Waals surface area contributed by atoms with Crippen molar-refractivity contribution in [2.45, 2.75) is 31.7 Å². The van der Waals surface area contributed by atoms with E-state index in [0.29, 0.717) is 11.4 Å². The van der Waals surface area contributed by atoms with E-state index < -0.39 is 0 Å². The highest BCUT2D eigenvalue weighted by atomic mass is 35.5. The number of nitrogens with two attached hydrogens (primary N) is 1. The summed E-state index contributed by atoms with van der Waals surface area (Å²) in [6, 6.07) is 11.0. The Hall–Kier alpha value is -1.42. The number of fused-ring (bicyclic) bond motifs is 1. The van der Waals surface area contributed by atoms with Gasteiger partial charge in [0.15, 0.2) is 0 Å². The van der Waals surface area contributed by atoms with Crippen LogP contribution in [0.15, 0.2) is 36.4 Å². The lowest BCUT2D eigenvalue weighted by molar-refractivity contribution is 0.550. The maximum absolute atomic E-state index is 13.1. The molecular weight excluding hydrogens is 287 g/mol. The number of hydrazine groups is 1. The van der Waals surface area contributed by atoms with Gasteiger partial charge in [0, 0.05) is 5.02 Å². The third kappa shape index (κ3) is 3.10. The fourth-order valence-electron chi connectivity index (χ4n) is 2.99. The monoisotopic (exact) mass is 304 g/mol. The Labute approximate surface area is 129 Å². The van der Waals surface area contributed by atoms with E-state index in [-0.39, 0.29) is 11.9 Å². The van der Waals surface area contributed by atoms with Gasteiger partial charge in [-0.3, -0.25) is 11.3 Å². The predicted octanol–water partition coefficient (Wildman–Crippen LogP) is 3.71. The lowest BCUT2D eigenvalue weighted by atomic mass is 9.96. The van der Waals surface area contributed by atoms with Gasteiger partial charge < -0.3 is 0 Å². The van der Waals surface area contributed by atoms with Gasteiger partial charge in [-0.15, -0.1) is 0 Å². The smallest absolute Gasteiger partial charge is 0.124 e. The Bertz CT molecular complexity index is 657. The second-order valence-corrected chi connectivity index (χ2v) is 5.95. The minimum atomic E-state index is -0.321. The molecule has 2 aromatic rings. The summed E-state index contributed by atoms with van der Waals surface area (Å²) in [4.78, 5) is 0.